The molecule has 0 spiro atoms. The lowest BCUT2D eigenvalue weighted by atomic mass is 10.0. The summed E-state index contributed by atoms with van der Waals surface area (Å²) in [6.07, 6.45) is -18.8. The zero-order chi connectivity index (χ0) is 12.7. The minimum atomic E-state index is -6.31. The molecule has 15 heavy (non-hydrogen) atoms. The first-order valence-electron chi connectivity index (χ1n) is 3.02. The van der Waals surface area contributed by atoms with Crippen LogP contribution in [-0.4, -0.2) is 24.3 Å². The van der Waals surface area contributed by atoms with E-state index in [-0.39, 0.29) is 0 Å². The van der Waals surface area contributed by atoms with E-state index in [9.17, 15) is 44.3 Å². The molecule has 0 aliphatic heterocycles. The smallest absolute Gasteiger partial charge is 0.288 e. The van der Waals surface area contributed by atoms with E-state index >= 15 is 0 Å². The van der Waals surface area contributed by atoms with Gasteiger partial charge in [0.2, 0.25) is 5.92 Å². The third-order valence-electron chi connectivity index (χ3n) is 1.20. The predicted octanol–water partition coefficient (Wildman–Crippen LogP) is 2.86. The number of hydrogen-bond acceptors (Lipinski definition) is 1. The monoisotopic (exact) mass is 248 g/mol. The van der Waals surface area contributed by atoms with Gasteiger partial charge in [0.25, 0.3) is 5.78 Å². The second kappa shape index (κ2) is 3.56. The quantitative estimate of drug-likeness (QED) is 0.652. The highest BCUT2D eigenvalue weighted by atomic mass is 19.4. The molecule has 0 saturated carbocycles. The van der Waals surface area contributed by atoms with Crippen molar-refractivity contribution in [2.24, 2.45) is 5.92 Å². The Bertz CT molecular complexity index is 229. The van der Waals surface area contributed by atoms with Gasteiger partial charge in [-0.15, -0.1) is 0 Å². The minimum absolute atomic E-state index is 3.87. The number of carbonyl (C=O) groups excluding carboxylic acids is 1. The van der Waals surface area contributed by atoms with E-state index in [1.807, 2.05) is 0 Å². The lowest BCUT2D eigenvalue weighted by Crippen LogP contribution is -2.47. The number of Topliss-reactive ketones (excluding diaryl/α,β-unsaturated/α-hetero) is 1. The van der Waals surface area contributed by atoms with Crippen molar-refractivity contribution < 1.29 is 44.3 Å². The maximum absolute atomic E-state index is 11.6. The predicted molar refractivity (Wildman–Crippen MR) is 26.7 cm³/mol. The van der Waals surface area contributed by atoms with E-state index in [0.29, 0.717) is 0 Å². The molecule has 0 N–H and O–H groups in total. The lowest BCUT2D eigenvalue weighted by molar-refractivity contribution is -0.285. The van der Waals surface area contributed by atoms with E-state index < -0.39 is 30.2 Å². The minimum Gasteiger partial charge on any atom is -0.288 e. The van der Waals surface area contributed by atoms with Crippen LogP contribution in [0.4, 0.5) is 39.5 Å². The fourth-order valence-electron chi connectivity index (χ4n) is 0.647. The number of carbonyl (C=O) groups is 1. The number of rotatable bonds is 1. The molecule has 10 heteroatoms. The van der Waals surface area contributed by atoms with Gasteiger partial charge in [-0.25, -0.2) is 0 Å². The maximum atomic E-state index is 11.6. The van der Waals surface area contributed by atoms with Gasteiger partial charge in [0.05, 0.1) is 0 Å². The number of hydrogen-bond donors (Lipinski definition) is 0. The normalized spacial score (nSPS) is 14.5. The summed E-state index contributed by atoms with van der Waals surface area (Å²) in [5.41, 5.74) is 0. The Balaban J connectivity index is 5.26. The molecule has 0 atom stereocenters. The summed E-state index contributed by atoms with van der Waals surface area (Å²) in [6.45, 7) is 0. The van der Waals surface area contributed by atoms with Crippen LogP contribution in [0.15, 0.2) is 0 Å². The van der Waals surface area contributed by atoms with Crippen LogP contribution in [0.2, 0.25) is 0 Å². The Morgan fingerprint density at radius 2 is 1.00 bits per heavy atom. The number of alkyl halides is 9. The summed E-state index contributed by atoms with van der Waals surface area (Å²) < 4.78 is 104. The van der Waals surface area contributed by atoms with Gasteiger partial charge < -0.3 is 0 Å². The highest BCUT2D eigenvalue weighted by molar-refractivity contribution is 5.87. The standard InChI is InChI=1S/C5HF9O/c6-3(7,8)1(4(9,10)11)2(15)5(12,13)14/h1H. The zero-order valence-corrected chi connectivity index (χ0v) is 6.39. The summed E-state index contributed by atoms with van der Waals surface area (Å²) >= 11 is 0. The molecule has 0 fully saturated rings. The zero-order valence-electron chi connectivity index (χ0n) is 6.39. The summed E-state index contributed by atoms with van der Waals surface area (Å²) in [7, 11) is 0. The molecular weight excluding hydrogens is 247 g/mol. The largest absolute Gasteiger partial charge is 0.451 e. The van der Waals surface area contributed by atoms with Gasteiger partial charge >= 0.3 is 18.5 Å². The van der Waals surface area contributed by atoms with Gasteiger partial charge in [-0.3, -0.25) is 4.79 Å². The SMILES string of the molecule is O=C(C(C(F)(F)F)C(F)(F)F)C(F)(F)F. The Kier molecular flexibility index (Phi) is 3.33. The first-order chi connectivity index (χ1) is 6.28. The summed E-state index contributed by atoms with van der Waals surface area (Å²) in [6, 6.07) is 0. The van der Waals surface area contributed by atoms with Crippen LogP contribution in [0.25, 0.3) is 0 Å². The molecule has 0 saturated heterocycles. The first-order valence-corrected chi connectivity index (χ1v) is 3.02. The van der Waals surface area contributed by atoms with Crippen molar-refractivity contribution in [3.8, 4) is 0 Å². The van der Waals surface area contributed by atoms with E-state index in [1.54, 1.807) is 0 Å². The second-order valence-electron chi connectivity index (χ2n) is 2.38. The Morgan fingerprint density at radius 1 is 0.733 bits per heavy atom. The van der Waals surface area contributed by atoms with Gasteiger partial charge in [-0.05, 0) is 0 Å². The van der Waals surface area contributed by atoms with Gasteiger partial charge in [0.15, 0.2) is 0 Å². The summed E-state index contributed by atoms with van der Waals surface area (Å²) in [4.78, 5) is 9.89. The van der Waals surface area contributed by atoms with Crippen LogP contribution < -0.4 is 0 Å². The van der Waals surface area contributed by atoms with Crippen LogP contribution in [0, 0.1) is 5.92 Å². The molecule has 0 rings (SSSR count). The lowest BCUT2D eigenvalue weighted by Gasteiger charge is -2.22. The highest BCUT2D eigenvalue weighted by Gasteiger charge is 2.66. The summed E-state index contributed by atoms with van der Waals surface area (Å²) in [5.74, 6) is -8.90. The molecule has 0 aliphatic carbocycles. The maximum Gasteiger partial charge on any atom is 0.451 e. The Labute approximate surface area is 75.9 Å². The first kappa shape index (κ1) is 14.0. The average molecular weight is 248 g/mol. The molecule has 0 aromatic heterocycles. The van der Waals surface area contributed by atoms with E-state index in [4.69, 9.17) is 0 Å². The van der Waals surface area contributed by atoms with Crippen molar-refractivity contribution in [2.45, 2.75) is 18.5 Å². The highest BCUT2D eigenvalue weighted by Crippen LogP contribution is 2.42. The molecule has 0 aliphatic rings. The molecule has 90 valence electrons. The van der Waals surface area contributed by atoms with Crippen LogP contribution in [-0.2, 0) is 4.79 Å². The van der Waals surface area contributed by atoms with E-state index in [1.165, 1.54) is 0 Å². The molecule has 0 radical (unpaired) electrons. The Hall–Kier alpha value is -0.960. The van der Waals surface area contributed by atoms with Crippen LogP contribution in [0.1, 0.15) is 0 Å². The Morgan fingerprint density at radius 3 is 1.07 bits per heavy atom. The molecule has 0 bridgehead atoms. The number of ketones is 1. The number of halogens is 9. The van der Waals surface area contributed by atoms with Crippen molar-refractivity contribution in [2.75, 3.05) is 0 Å². The van der Waals surface area contributed by atoms with Crippen LogP contribution in [0.3, 0.4) is 0 Å². The molecular formula is C5HF9O. The van der Waals surface area contributed by atoms with Crippen molar-refractivity contribution >= 4 is 5.78 Å². The fourth-order valence-corrected chi connectivity index (χ4v) is 0.647. The van der Waals surface area contributed by atoms with Crippen molar-refractivity contribution in [1.29, 1.82) is 0 Å². The van der Waals surface area contributed by atoms with Gasteiger partial charge in [-0.1, -0.05) is 0 Å². The van der Waals surface area contributed by atoms with Gasteiger partial charge in [-0.2, -0.15) is 39.5 Å². The van der Waals surface area contributed by atoms with Crippen molar-refractivity contribution in [3.63, 3.8) is 0 Å². The van der Waals surface area contributed by atoms with Crippen molar-refractivity contribution in [1.82, 2.24) is 0 Å². The average Bonchev–Trinajstić information content (AvgIpc) is 1.76. The summed E-state index contributed by atoms with van der Waals surface area (Å²) in [5, 5.41) is 0. The van der Waals surface area contributed by atoms with Gasteiger partial charge in [0.1, 0.15) is 0 Å². The molecule has 0 amide bonds. The van der Waals surface area contributed by atoms with Crippen molar-refractivity contribution in [3.05, 3.63) is 0 Å². The third-order valence-corrected chi connectivity index (χ3v) is 1.20. The molecule has 0 aromatic carbocycles. The molecule has 0 unspecified atom stereocenters. The third kappa shape index (κ3) is 3.59. The van der Waals surface area contributed by atoms with E-state index in [2.05, 4.69) is 0 Å². The van der Waals surface area contributed by atoms with Crippen LogP contribution >= 0.6 is 0 Å². The van der Waals surface area contributed by atoms with Gasteiger partial charge in [0, 0.05) is 0 Å². The topological polar surface area (TPSA) is 17.1 Å². The second-order valence-corrected chi connectivity index (χ2v) is 2.38. The molecule has 0 heterocycles. The fraction of sp³-hybridized carbons (Fsp3) is 0.800. The van der Waals surface area contributed by atoms with Crippen LogP contribution in [0.5, 0.6) is 0 Å². The van der Waals surface area contributed by atoms with E-state index in [0.717, 1.165) is 0 Å². The molecule has 1 nitrogen and oxygen atoms in total. The molecule has 0 aromatic rings.